The van der Waals surface area contributed by atoms with Gasteiger partial charge >= 0.3 is 0 Å². The van der Waals surface area contributed by atoms with Crippen molar-refractivity contribution in [3.05, 3.63) is 46.4 Å². The van der Waals surface area contributed by atoms with Gasteiger partial charge in [0, 0.05) is 17.5 Å². The molecule has 5 nitrogen and oxygen atoms in total. The Hall–Kier alpha value is -1.92. The van der Waals surface area contributed by atoms with Crippen LogP contribution in [0.4, 0.5) is 0 Å². The first kappa shape index (κ1) is 16.0. The third-order valence-electron chi connectivity index (χ3n) is 3.82. The number of morpholine rings is 1. The van der Waals surface area contributed by atoms with E-state index in [0.717, 1.165) is 5.69 Å². The summed E-state index contributed by atoms with van der Waals surface area (Å²) < 4.78 is 11.3. The fourth-order valence-corrected chi connectivity index (χ4v) is 3.08. The molecule has 23 heavy (non-hydrogen) atoms. The van der Waals surface area contributed by atoms with Crippen molar-refractivity contribution in [1.29, 1.82) is 0 Å². The molecule has 1 aromatic heterocycles. The number of carbonyl (C=O) groups is 1. The van der Waals surface area contributed by atoms with Gasteiger partial charge in [-0.2, -0.15) is 0 Å². The Labute approximate surface area is 139 Å². The first-order chi connectivity index (χ1) is 11.1. The van der Waals surface area contributed by atoms with Crippen molar-refractivity contribution >= 4 is 17.2 Å². The van der Waals surface area contributed by atoms with E-state index < -0.39 is 0 Å². The second-order valence-electron chi connectivity index (χ2n) is 5.75. The number of ether oxygens (including phenoxy) is 2. The number of benzene rings is 1. The van der Waals surface area contributed by atoms with Crippen molar-refractivity contribution in [3.8, 4) is 5.75 Å². The normalized spacial score (nSPS) is 21.2. The second kappa shape index (κ2) is 7.10. The van der Waals surface area contributed by atoms with E-state index in [1.54, 1.807) is 11.6 Å². The summed E-state index contributed by atoms with van der Waals surface area (Å²) in [7, 11) is 0. The molecule has 0 saturated carbocycles. The van der Waals surface area contributed by atoms with Crippen molar-refractivity contribution in [2.45, 2.75) is 32.6 Å². The second-order valence-corrected chi connectivity index (χ2v) is 6.47. The maximum absolute atomic E-state index is 12.7. The van der Waals surface area contributed by atoms with Crippen LogP contribution in [0.5, 0.6) is 5.75 Å². The number of hydrogen-bond acceptors (Lipinski definition) is 5. The number of amides is 1. The van der Waals surface area contributed by atoms with Crippen LogP contribution in [-0.2, 0) is 11.3 Å². The lowest BCUT2D eigenvalue weighted by Crippen LogP contribution is -2.50. The molecule has 0 bridgehead atoms. The van der Waals surface area contributed by atoms with Gasteiger partial charge in [-0.05, 0) is 32.0 Å². The summed E-state index contributed by atoms with van der Waals surface area (Å²) >= 11 is 1.54. The average Bonchev–Trinajstić information content (AvgIpc) is 3.08. The lowest BCUT2D eigenvalue weighted by molar-refractivity contribution is -0.0387. The van der Waals surface area contributed by atoms with Gasteiger partial charge in [0.15, 0.2) is 0 Å². The quantitative estimate of drug-likeness (QED) is 0.864. The van der Waals surface area contributed by atoms with E-state index in [2.05, 4.69) is 4.98 Å². The van der Waals surface area contributed by atoms with Gasteiger partial charge in [0.2, 0.25) is 0 Å². The zero-order chi connectivity index (χ0) is 16.2. The molecule has 1 aromatic carbocycles. The van der Waals surface area contributed by atoms with Crippen LogP contribution in [0.3, 0.4) is 0 Å². The maximum atomic E-state index is 12.7. The number of rotatable bonds is 4. The summed E-state index contributed by atoms with van der Waals surface area (Å²) in [6, 6.07) is 7.40. The predicted octanol–water partition coefficient (Wildman–Crippen LogP) is 2.97. The predicted molar refractivity (Wildman–Crippen MR) is 88.8 cm³/mol. The van der Waals surface area contributed by atoms with Crippen LogP contribution in [0.2, 0.25) is 0 Å². The highest BCUT2D eigenvalue weighted by Crippen LogP contribution is 2.20. The molecule has 0 N–H and O–H groups in total. The fraction of sp³-hybridized carbons (Fsp3) is 0.412. The minimum absolute atomic E-state index is 0.0201. The topological polar surface area (TPSA) is 51.7 Å². The largest absolute Gasteiger partial charge is 0.487 e. The van der Waals surface area contributed by atoms with Gasteiger partial charge in [-0.1, -0.05) is 6.07 Å². The molecule has 0 radical (unpaired) electrons. The number of thiazole rings is 1. The standard InChI is InChI=1S/C17H20N2O3S/c1-12-8-21-13(2)7-19(12)17(20)14-4-3-5-16(6-14)22-9-15-10-23-11-18-15/h3-6,10-13H,7-9H2,1-2H3/t12-,13+/m0/s1. The Balaban J connectivity index is 1.69. The summed E-state index contributed by atoms with van der Waals surface area (Å²) in [6.45, 7) is 5.59. The third kappa shape index (κ3) is 3.89. The van der Waals surface area contributed by atoms with Crippen LogP contribution in [0, 0.1) is 0 Å². The highest BCUT2D eigenvalue weighted by molar-refractivity contribution is 7.07. The minimum Gasteiger partial charge on any atom is -0.487 e. The Bertz CT molecular complexity index is 660. The fourth-order valence-electron chi connectivity index (χ4n) is 2.54. The molecule has 6 heteroatoms. The van der Waals surface area contributed by atoms with E-state index >= 15 is 0 Å². The first-order valence-corrected chi connectivity index (χ1v) is 8.60. The van der Waals surface area contributed by atoms with E-state index in [-0.39, 0.29) is 18.1 Å². The SMILES string of the molecule is C[C@@H]1CN(C(=O)c2cccc(OCc3cscn3)c2)[C@@H](C)CO1. The molecule has 2 atom stereocenters. The van der Waals surface area contributed by atoms with E-state index in [9.17, 15) is 4.79 Å². The zero-order valence-electron chi connectivity index (χ0n) is 13.3. The Kier molecular flexibility index (Phi) is 4.93. The van der Waals surface area contributed by atoms with Crippen molar-refractivity contribution in [1.82, 2.24) is 9.88 Å². The molecule has 2 heterocycles. The van der Waals surface area contributed by atoms with E-state index in [1.807, 2.05) is 42.3 Å². The zero-order valence-corrected chi connectivity index (χ0v) is 14.1. The van der Waals surface area contributed by atoms with Crippen LogP contribution in [-0.4, -0.2) is 41.1 Å². The molecule has 2 aromatic rings. The molecule has 1 aliphatic rings. The number of nitrogens with zero attached hydrogens (tertiary/aromatic N) is 2. The molecule has 0 unspecified atom stereocenters. The van der Waals surface area contributed by atoms with Crippen LogP contribution in [0.15, 0.2) is 35.2 Å². The summed E-state index contributed by atoms with van der Waals surface area (Å²) in [4.78, 5) is 18.8. The highest BCUT2D eigenvalue weighted by Gasteiger charge is 2.28. The van der Waals surface area contributed by atoms with E-state index in [1.165, 1.54) is 11.3 Å². The molecule has 122 valence electrons. The van der Waals surface area contributed by atoms with Gasteiger partial charge in [-0.25, -0.2) is 4.98 Å². The summed E-state index contributed by atoms with van der Waals surface area (Å²) in [5, 5.41) is 1.95. The first-order valence-electron chi connectivity index (χ1n) is 7.66. The van der Waals surface area contributed by atoms with Crippen molar-refractivity contribution < 1.29 is 14.3 Å². The summed E-state index contributed by atoms with van der Waals surface area (Å²) in [5.74, 6) is 0.699. The van der Waals surface area contributed by atoms with E-state index in [4.69, 9.17) is 9.47 Å². The molecule has 1 saturated heterocycles. The molecule has 3 rings (SSSR count). The average molecular weight is 332 g/mol. The molecule has 0 spiro atoms. The van der Waals surface area contributed by atoms with Crippen LogP contribution in [0.1, 0.15) is 29.9 Å². The molecule has 1 fully saturated rings. The van der Waals surface area contributed by atoms with Crippen molar-refractivity contribution in [2.75, 3.05) is 13.2 Å². The maximum Gasteiger partial charge on any atom is 0.254 e. The van der Waals surface area contributed by atoms with Gasteiger partial charge in [-0.15, -0.1) is 11.3 Å². The van der Waals surface area contributed by atoms with Gasteiger partial charge < -0.3 is 14.4 Å². The number of hydrogen-bond donors (Lipinski definition) is 0. The van der Waals surface area contributed by atoms with E-state index in [0.29, 0.717) is 31.1 Å². The molecular formula is C17H20N2O3S. The Morgan fingerprint density at radius 2 is 2.35 bits per heavy atom. The Morgan fingerprint density at radius 3 is 3.13 bits per heavy atom. The number of carbonyl (C=O) groups excluding carboxylic acids is 1. The van der Waals surface area contributed by atoms with Gasteiger partial charge in [0.25, 0.3) is 5.91 Å². The summed E-state index contributed by atoms with van der Waals surface area (Å²) in [6.07, 6.45) is 0.0687. The van der Waals surface area contributed by atoms with Crippen molar-refractivity contribution in [2.24, 2.45) is 0 Å². The molecule has 0 aliphatic carbocycles. The number of aromatic nitrogens is 1. The van der Waals surface area contributed by atoms with Gasteiger partial charge in [0.05, 0.1) is 30.0 Å². The minimum atomic E-state index is 0.0201. The van der Waals surface area contributed by atoms with Crippen LogP contribution < -0.4 is 4.74 Å². The monoisotopic (exact) mass is 332 g/mol. The summed E-state index contributed by atoms with van der Waals surface area (Å²) in [5.41, 5.74) is 3.31. The lowest BCUT2D eigenvalue weighted by atomic mass is 10.1. The molecule has 1 aliphatic heterocycles. The van der Waals surface area contributed by atoms with Crippen molar-refractivity contribution in [3.63, 3.8) is 0 Å². The third-order valence-corrected chi connectivity index (χ3v) is 4.46. The molecular weight excluding hydrogens is 312 g/mol. The highest BCUT2D eigenvalue weighted by atomic mass is 32.1. The smallest absolute Gasteiger partial charge is 0.254 e. The van der Waals surface area contributed by atoms with Gasteiger partial charge in [0.1, 0.15) is 12.4 Å². The van der Waals surface area contributed by atoms with Gasteiger partial charge in [-0.3, -0.25) is 4.79 Å². The van der Waals surface area contributed by atoms with Crippen LogP contribution in [0.25, 0.3) is 0 Å². The van der Waals surface area contributed by atoms with Crippen LogP contribution >= 0.6 is 11.3 Å². The Morgan fingerprint density at radius 1 is 1.48 bits per heavy atom. The lowest BCUT2D eigenvalue weighted by Gasteiger charge is -2.36. The molecule has 1 amide bonds.